The van der Waals surface area contributed by atoms with Crippen LogP contribution in [0.1, 0.15) is 0 Å². The van der Waals surface area contributed by atoms with Crippen LogP contribution < -0.4 is 16.5 Å². The van der Waals surface area contributed by atoms with E-state index in [9.17, 15) is 4.79 Å². The number of hydrazine groups is 1. The fourth-order valence-corrected chi connectivity index (χ4v) is 2.54. The third-order valence-electron chi connectivity index (χ3n) is 3.02. The van der Waals surface area contributed by atoms with Gasteiger partial charge in [-0.2, -0.15) is 9.97 Å². The van der Waals surface area contributed by atoms with Gasteiger partial charge < -0.3 is 0 Å². The molecular weight excluding hydrogens is 337 g/mol. The predicted octanol–water partition coefficient (Wildman–Crippen LogP) is 3.15. The number of halogens is 2. The summed E-state index contributed by atoms with van der Waals surface area (Å²) in [7, 11) is 0. The van der Waals surface area contributed by atoms with Gasteiger partial charge in [0.1, 0.15) is 5.82 Å². The molecule has 1 heterocycles. The van der Waals surface area contributed by atoms with E-state index in [-0.39, 0.29) is 11.8 Å². The quantitative estimate of drug-likeness (QED) is 0.561. The molecule has 0 saturated carbocycles. The molecule has 23 heavy (non-hydrogen) atoms. The topological polar surface area (TPSA) is 87.9 Å². The van der Waals surface area contributed by atoms with Crippen molar-refractivity contribution in [2.45, 2.75) is 0 Å². The Balaban J connectivity index is 2.08. The highest BCUT2D eigenvalue weighted by Gasteiger charge is 2.12. The fourth-order valence-electron chi connectivity index (χ4n) is 2.01. The second-order valence-electron chi connectivity index (χ2n) is 4.67. The lowest BCUT2D eigenvalue weighted by molar-refractivity contribution is 0.918. The molecule has 0 bridgehead atoms. The SMILES string of the molecule is NN(c1ccccc1)c1nc(-c2cc(Cl)cc(Cl)c2)[nH]c(=O)n1. The predicted molar refractivity (Wildman–Crippen MR) is 90.9 cm³/mol. The van der Waals surface area contributed by atoms with Crippen LogP contribution in [-0.4, -0.2) is 15.0 Å². The van der Waals surface area contributed by atoms with Crippen LogP contribution in [0, 0.1) is 0 Å². The summed E-state index contributed by atoms with van der Waals surface area (Å²) >= 11 is 12.0. The first kappa shape index (κ1) is 15.5. The van der Waals surface area contributed by atoms with Crippen molar-refractivity contribution >= 4 is 34.8 Å². The Morgan fingerprint density at radius 1 is 1.00 bits per heavy atom. The van der Waals surface area contributed by atoms with Gasteiger partial charge >= 0.3 is 5.69 Å². The summed E-state index contributed by atoms with van der Waals surface area (Å²) in [4.78, 5) is 22.5. The standard InChI is InChI=1S/C15H11Cl2N5O/c16-10-6-9(7-11(17)8-10)13-19-14(21-15(23)20-13)22(18)12-4-2-1-3-5-12/h1-8H,18H2,(H,19,20,21,23). The van der Waals surface area contributed by atoms with Gasteiger partial charge in [-0.1, -0.05) is 41.4 Å². The maximum absolute atomic E-state index is 11.8. The van der Waals surface area contributed by atoms with Crippen molar-refractivity contribution in [2.75, 3.05) is 5.01 Å². The zero-order valence-electron chi connectivity index (χ0n) is 11.7. The van der Waals surface area contributed by atoms with Gasteiger partial charge in [-0.25, -0.2) is 15.6 Å². The summed E-state index contributed by atoms with van der Waals surface area (Å²) in [5, 5.41) is 2.09. The maximum Gasteiger partial charge on any atom is 0.349 e. The molecule has 3 N–H and O–H groups in total. The average molecular weight is 348 g/mol. The molecule has 0 spiro atoms. The van der Waals surface area contributed by atoms with E-state index in [0.29, 0.717) is 21.3 Å². The van der Waals surface area contributed by atoms with Crippen LogP contribution in [-0.2, 0) is 0 Å². The van der Waals surface area contributed by atoms with E-state index >= 15 is 0 Å². The lowest BCUT2D eigenvalue weighted by atomic mass is 10.2. The van der Waals surface area contributed by atoms with Crippen molar-refractivity contribution in [3.63, 3.8) is 0 Å². The molecule has 0 aliphatic heterocycles. The van der Waals surface area contributed by atoms with Gasteiger partial charge in [-0.15, -0.1) is 0 Å². The molecule has 1 aromatic heterocycles. The highest BCUT2D eigenvalue weighted by Crippen LogP contribution is 2.25. The molecule has 0 fully saturated rings. The van der Waals surface area contributed by atoms with E-state index in [1.165, 1.54) is 5.01 Å². The number of aromatic nitrogens is 3. The second kappa shape index (κ2) is 6.37. The molecule has 2 aromatic carbocycles. The number of hydrogen-bond donors (Lipinski definition) is 2. The minimum Gasteiger partial charge on any atom is -0.290 e. The minimum atomic E-state index is -0.576. The van der Waals surface area contributed by atoms with Crippen LogP contribution in [0.4, 0.5) is 11.6 Å². The largest absolute Gasteiger partial charge is 0.349 e. The normalized spacial score (nSPS) is 10.6. The van der Waals surface area contributed by atoms with Crippen LogP contribution in [0.5, 0.6) is 0 Å². The summed E-state index contributed by atoms with van der Waals surface area (Å²) in [6.07, 6.45) is 0. The molecule has 0 saturated heterocycles. The van der Waals surface area contributed by atoms with Crippen molar-refractivity contribution in [3.05, 3.63) is 69.1 Å². The Bertz CT molecular complexity index is 878. The van der Waals surface area contributed by atoms with Gasteiger partial charge in [-0.3, -0.25) is 4.98 Å². The summed E-state index contributed by atoms with van der Waals surface area (Å²) in [5.74, 6) is 6.33. The molecule has 0 aliphatic carbocycles. The number of nitrogens with two attached hydrogens (primary N) is 1. The van der Waals surface area contributed by atoms with E-state index in [4.69, 9.17) is 29.0 Å². The van der Waals surface area contributed by atoms with Crippen LogP contribution in [0.25, 0.3) is 11.4 Å². The van der Waals surface area contributed by atoms with Crippen molar-refractivity contribution in [3.8, 4) is 11.4 Å². The molecule has 0 unspecified atom stereocenters. The van der Waals surface area contributed by atoms with Crippen LogP contribution in [0.15, 0.2) is 53.3 Å². The number of benzene rings is 2. The summed E-state index contributed by atoms with van der Waals surface area (Å²) in [6, 6.07) is 13.9. The first-order valence-electron chi connectivity index (χ1n) is 6.57. The van der Waals surface area contributed by atoms with E-state index < -0.39 is 5.69 Å². The average Bonchev–Trinajstić information content (AvgIpc) is 2.53. The molecule has 0 radical (unpaired) electrons. The number of rotatable bonds is 3. The molecule has 0 aliphatic rings. The number of aromatic amines is 1. The number of nitrogens with one attached hydrogen (secondary N) is 1. The molecule has 8 heteroatoms. The van der Waals surface area contributed by atoms with Crippen molar-refractivity contribution in [1.29, 1.82) is 0 Å². The first-order valence-corrected chi connectivity index (χ1v) is 7.33. The fraction of sp³-hybridized carbons (Fsp3) is 0. The van der Waals surface area contributed by atoms with Crippen LogP contribution in [0.2, 0.25) is 10.0 Å². The maximum atomic E-state index is 11.8. The zero-order valence-corrected chi connectivity index (χ0v) is 13.2. The van der Waals surface area contributed by atoms with Gasteiger partial charge in [0, 0.05) is 15.6 Å². The van der Waals surface area contributed by atoms with Gasteiger partial charge in [-0.05, 0) is 30.3 Å². The number of para-hydroxylation sites is 1. The molecular formula is C15H11Cl2N5O. The molecule has 0 amide bonds. The number of anilines is 2. The third-order valence-corrected chi connectivity index (χ3v) is 3.46. The van der Waals surface area contributed by atoms with E-state index in [0.717, 1.165) is 0 Å². The number of hydrogen-bond acceptors (Lipinski definition) is 5. The molecule has 0 atom stereocenters. The zero-order chi connectivity index (χ0) is 16.4. The third kappa shape index (κ3) is 3.50. The van der Waals surface area contributed by atoms with Crippen LogP contribution >= 0.6 is 23.2 Å². The lowest BCUT2D eigenvalue weighted by Gasteiger charge is -2.16. The summed E-state index contributed by atoms with van der Waals surface area (Å²) in [6.45, 7) is 0. The monoisotopic (exact) mass is 347 g/mol. The van der Waals surface area contributed by atoms with E-state index in [2.05, 4.69) is 15.0 Å². The summed E-state index contributed by atoms with van der Waals surface area (Å²) in [5.41, 5.74) is 0.630. The van der Waals surface area contributed by atoms with Gasteiger partial charge in [0.2, 0.25) is 0 Å². The number of nitrogens with zero attached hydrogens (tertiary/aromatic N) is 3. The highest BCUT2D eigenvalue weighted by molar-refractivity contribution is 6.35. The molecule has 116 valence electrons. The van der Waals surface area contributed by atoms with Gasteiger partial charge in [0.15, 0.2) is 0 Å². The second-order valence-corrected chi connectivity index (χ2v) is 5.54. The van der Waals surface area contributed by atoms with Crippen molar-refractivity contribution < 1.29 is 0 Å². The Hall–Kier alpha value is -2.41. The molecule has 3 aromatic rings. The van der Waals surface area contributed by atoms with Gasteiger partial charge in [0.05, 0.1) is 5.69 Å². The first-order chi connectivity index (χ1) is 11.0. The van der Waals surface area contributed by atoms with Crippen molar-refractivity contribution in [1.82, 2.24) is 15.0 Å². The Morgan fingerprint density at radius 2 is 1.65 bits per heavy atom. The Labute approximate surface area is 141 Å². The van der Waals surface area contributed by atoms with E-state index in [1.807, 2.05) is 18.2 Å². The minimum absolute atomic E-state index is 0.0612. The van der Waals surface area contributed by atoms with Crippen molar-refractivity contribution in [2.24, 2.45) is 5.84 Å². The van der Waals surface area contributed by atoms with Gasteiger partial charge in [0.25, 0.3) is 5.95 Å². The molecule has 3 rings (SSSR count). The smallest absolute Gasteiger partial charge is 0.290 e. The Kier molecular flexibility index (Phi) is 4.29. The van der Waals surface area contributed by atoms with E-state index in [1.54, 1.807) is 30.3 Å². The lowest BCUT2D eigenvalue weighted by Crippen LogP contribution is -2.30. The molecule has 6 nitrogen and oxygen atoms in total. The summed E-state index contributed by atoms with van der Waals surface area (Å²) < 4.78 is 0. The van der Waals surface area contributed by atoms with Crippen LogP contribution in [0.3, 0.4) is 0 Å². The Morgan fingerprint density at radius 3 is 2.30 bits per heavy atom. The number of H-pyrrole nitrogens is 1. The highest BCUT2D eigenvalue weighted by atomic mass is 35.5.